The number of methoxy groups -OCH3 is 1. The van der Waals surface area contributed by atoms with Gasteiger partial charge in [-0.2, -0.15) is 5.26 Å². The van der Waals surface area contributed by atoms with E-state index in [0.717, 1.165) is 16.3 Å². The summed E-state index contributed by atoms with van der Waals surface area (Å²) < 4.78 is 11.4. The Balaban J connectivity index is 1.72. The normalized spacial score (nSPS) is 17.3. The van der Waals surface area contributed by atoms with Crippen LogP contribution in [0.15, 0.2) is 47.5 Å². The number of amides is 1. The minimum absolute atomic E-state index is 0.0992. The van der Waals surface area contributed by atoms with Crippen LogP contribution in [-0.4, -0.2) is 41.4 Å². The zero-order chi connectivity index (χ0) is 21.5. The number of nitriles is 1. The van der Waals surface area contributed by atoms with Gasteiger partial charge in [0.05, 0.1) is 24.0 Å². The molecule has 0 aliphatic carbocycles. The third-order valence-corrected chi connectivity index (χ3v) is 6.01. The Morgan fingerprint density at radius 2 is 2.00 bits per heavy atom. The van der Waals surface area contributed by atoms with E-state index in [1.54, 1.807) is 18.1 Å². The van der Waals surface area contributed by atoms with Gasteiger partial charge in [0, 0.05) is 18.7 Å². The highest BCUT2D eigenvalue weighted by molar-refractivity contribution is 8.15. The second kappa shape index (κ2) is 10.2. The van der Waals surface area contributed by atoms with E-state index in [1.807, 2.05) is 50.2 Å². The molecule has 0 unspecified atom stereocenters. The van der Waals surface area contributed by atoms with Crippen molar-refractivity contribution < 1.29 is 14.3 Å². The maximum Gasteiger partial charge on any atom is 0.242 e. The van der Waals surface area contributed by atoms with E-state index in [0.29, 0.717) is 36.6 Å². The van der Waals surface area contributed by atoms with E-state index < -0.39 is 0 Å². The number of thioether (sulfide) groups is 1. The Morgan fingerprint density at radius 1 is 1.20 bits per heavy atom. The van der Waals surface area contributed by atoms with Crippen molar-refractivity contribution in [3.8, 4) is 17.6 Å². The fourth-order valence-corrected chi connectivity index (χ4v) is 4.58. The average Bonchev–Trinajstić information content (AvgIpc) is 3.07. The van der Waals surface area contributed by atoms with Crippen LogP contribution in [0.25, 0.3) is 0 Å². The smallest absolute Gasteiger partial charge is 0.242 e. The molecule has 1 saturated heterocycles. The molecule has 1 aliphatic rings. The van der Waals surface area contributed by atoms with Gasteiger partial charge in [0.25, 0.3) is 0 Å². The molecule has 156 valence electrons. The SMILES string of the molecule is CCN=C1S[C@@H](Cc2ccc(OCc3ccccc3C#N)c(OC)c2)C(=O)N1CC. The van der Waals surface area contributed by atoms with Crippen molar-refractivity contribution in [3.05, 3.63) is 59.2 Å². The topological polar surface area (TPSA) is 74.9 Å². The second-order valence-electron chi connectivity index (χ2n) is 6.69. The number of carbonyl (C=O) groups is 1. The number of aliphatic imine (C=N–C) groups is 1. The molecule has 30 heavy (non-hydrogen) atoms. The van der Waals surface area contributed by atoms with Gasteiger partial charge < -0.3 is 9.47 Å². The molecule has 6 nitrogen and oxygen atoms in total. The number of carbonyl (C=O) groups excluding carboxylic acids is 1. The molecule has 0 aromatic heterocycles. The zero-order valence-electron chi connectivity index (χ0n) is 17.4. The number of benzene rings is 2. The van der Waals surface area contributed by atoms with Gasteiger partial charge in [-0.25, -0.2) is 0 Å². The lowest BCUT2D eigenvalue weighted by Crippen LogP contribution is -2.32. The third kappa shape index (κ3) is 4.77. The molecule has 3 rings (SSSR count). The van der Waals surface area contributed by atoms with E-state index in [2.05, 4.69) is 11.1 Å². The highest BCUT2D eigenvalue weighted by Crippen LogP contribution is 2.33. The number of rotatable bonds is 8. The first kappa shape index (κ1) is 21.7. The fraction of sp³-hybridized carbons (Fsp3) is 0.348. The molecule has 1 heterocycles. The first-order valence-electron chi connectivity index (χ1n) is 9.91. The van der Waals surface area contributed by atoms with Gasteiger partial charge in [0.1, 0.15) is 6.61 Å². The van der Waals surface area contributed by atoms with Crippen LogP contribution in [0.5, 0.6) is 11.5 Å². The Bertz CT molecular complexity index is 984. The van der Waals surface area contributed by atoms with Crippen molar-refractivity contribution in [2.75, 3.05) is 20.2 Å². The molecule has 0 N–H and O–H groups in total. The van der Waals surface area contributed by atoms with Crippen LogP contribution >= 0.6 is 11.8 Å². The van der Waals surface area contributed by atoms with Crippen LogP contribution < -0.4 is 9.47 Å². The van der Waals surface area contributed by atoms with Crippen molar-refractivity contribution in [2.45, 2.75) is 32.1 Å². The molecule has 1 atom stereocenters. The summed E-state index contributed by atoms with van der Waals surface area (Å²) in [5.74, 6) is 1.30. The summed E-state index contributed by atoms with van der Waals surface area (Å²) in [6.45, 7) is 5.50. The second-order valence-corrected chi connectivity index (χ2v) is 7.86. The summed E-state index contributed by atoms with van der Waals surface area (Å²) >= 11 is 1.52. The van der Waals surface area contributed by atoms with Gasteiger partial charge in [-0.3, -0.25) is 14.7 Å². The number of hydrogen-bond donors (Lipinski definition) is 0. The molecule has 7 heteroatoms. The molecule has 1 amide bonds. The molecule has 0 bridgehead atoms. The minimum atomic E-state index is -0.186. The van der Waals surface area contributed by atoms with E-state index in [9.17, 15) is 10.1 Å². The van der Waals surface area contributed by atoms with Crippen LogP contribution in [0.2, 0.25) is 0 Å². The third-order valence-electron chi connectivity index (χ3n) is 4.80. The van der Waals surface area contributed by atoms with Crippen LogP contribution in [0.1, 0.15) is 30.5 Å². The quantitative estimate of drug-likeness (QED) is 0.641. The maximum atomic E-state index is 12.7. The van der Waals surface area contributed by atoms with Crippen LogP contribution in [0, 0.1) is 11.3 Å². The van der Waals surface area contributed by atoms with Gasteiger partial charge in [-0.15, -0.1) is 0 Å². The standard InChI is InChI=1S/C23H25N3O3S/c1-4-25-23-26(5-2)22(27)21(30-23)13-16-10-11-19(20(12-16)28-3)29-15-18-9-7-6-8-17(18)14-24/h6-12,21H,4-5,13,15H2,1-3H3/t21-/m0/s1. The molecule has 0 saturated carbocycles. The van der Waals surface area contributed by atoms with E-state index in [-0.39, 0.29) is 17.8 Å². The molecule has 1 aliphatic heterocycles. The lowest BCUT2D eigenvalue weighted by molar-refractivity contribution is -0.126. The fourth-order valence-electron chi connectivity index (χ4n) is 3.27. The van der Waals surface area contributed by atoms with Crippen molar-refractivity contribution in [2.24, 2.45) is 4.99 Å². The van der Waals surface area contributed by atoms with E-state index in [4.69, 9.17) is 9.47 Å². The summed E-state index contributed by atoms with van der Waals surface area (Å²) in [6.07, 6.45) is 0.594. The Morgan fingerprint density at radius 3 is 2.70 bits per heavy atom. The first-order valence-corrected chi connectivity index (χ1v) is 10.8. The van der Waals surface area contributed by atoms with Crippen molar-refractivity contribution in [1.82, 2.24) is 4.90 Å². The lowest BCUT2D eigenvalue weighted by Gasteiger charge is -2.14. The van der Waals surface area contributed by atoms with Crippen molar-refractivity contribution in [3.63, 3.8) is 0 Å². The predicted octanol–water partition coefficient (Wildman–Crippen LogP) is 4.03. The van der Waals surface area contributed by atoms with Gasteiger partial charge >= 0.3 is 0 Å². The summed E-state index contributed by atoms with van der Waals surface area (Å²) in [4.78, 5) is 18.9. The van der Waals surface area contributed by atoms with Crippen molar-refractivity contribution in [1.29, 1.82) is 5.26 Å². The van der Waals surface area contributed by atoms with E-state index >= 15 is 0 Å². The molecular weight excluding hydrogens is 398 g/mol. The molecule has 0 spiro atoms. The monoisotopic (exact) mass is 423 g/mol. The van der Waals surface area contributed by atoms with Gasteiger partial charge in [0.2, 0.25) is 5.91 Å². The molecule has 1 fully saturated rings. The van der Waals surface area contributed by atoms with Gasteiger partial charge in [0.15, 0.2) is 16.7 Å². The maximum absolute atomic E-state index is 12.7. The number of nitrogens with zero attached hydrogens (tertiary/aromatic N) is 3. The van der Waals surface area contributed by atoms with Gasteiger partial charge in [-0.05, 0) is 44.0 Å². The summed E-state index contributed by atoms with van der Waals surface area (Å²) in [5, 5.41) is 9.85. The zero-order valence-corrected chi connectivity index (χ0v) is 18.2. The Kier molecular flexibility index (Phi) is 7.36. The highest BCUT2D eigenvalue weighted by Gasteiger charge is 2.36. The summed E-state index contributed by atoms with van der Waals surface area (Å²) in [6, 6.07) is 15.2. The average molecular weight is 424 g/mol. The highest BCUT2D eigenvalue weighted by atomic mass is 32.2. The molecular formula is C23H25N3O3S. The van der Waals surface area contributed by atoms with Gasteiger partial charge in [-0.1, -0.05) is 36.0 Å². The number of amidine groups is 1. The lowest BCUT2D eigenvalue weighted by atomic mass is 10.1. The largest absolute Gasteiger partial charge is 0.493 e. The molecule has 2 aromatic carbocycles. The van der Waals surface area contributed by atoms with Crippen LogP contribution in [0.3, 0.4) is 0 Å². The minimum Gasteiger partial charge on any atom is -0.493 e. The number of hydrogen-bond acceptors (Lipinski definition) is 6. The summed E-state index contributed by atoms with van der Waals surface area (Å²) in [5.41, 5.74) is 2.41. The molecule has 2 aromatic rings. The van der Waals surface area contributed by atoms with Crippen LogP contribution in [0.4, 0.5) is 0 Å². The Labute approximate surface area is 181 Å². The first-order chi connectivity index (χ1) is 14.6. The van der Waals surface area contributed by atoms with Crippen molar-refractivity contribution >= 4 is 22.8 Å². The van der Waals surface area contributed by atoms with E-state index in [1.165, 1.54) is 11.8 Å². The molecule has 0 radical (unpaired) electrons. The number of ether oxygens (including phenoxy) is 2. The Hall–Kier alpha value is -2.98. The van der Waals surface area contributed by atoms with Crippen LogP contribution in [-0.2, 0) is 17.8 Å². The predicted molar refractivity (Wildman–Crippen MR) is 119 cm³/mol. The summed E-state index contributed by atoms with van der Waals surface area (Å²) in [7, 11) is 1.59.